The van der Waals surface area contributed by atoms with Gasteiger partial charge in [-0.25, -0.2) is 22.5 Å². The molecule has 2 N–H and O–H groups in total. The van der Waals surface area contributed by atoms with Gasteiger partial charge in [0, 0.05) is 23.1 Å². The number of benzene rings is 2. The molecule has 5 aromatic rings. The van der Waals surface area contributed by atoms with Crippen LogP contribution in [0.1, 0.15) is 58.6 Å². The Labute approximate surface area is 261 Å². The normalized spacial score (nSPS) is 18.3. The van der Waals surface area contributed by atoms with Crippen LogP contribution in [0.15, 0.2) is 48.7 Å². The van der Waals surface area contributed by atoms with Crippen LogP contribution in [0.3, 0.4) is 0 Å². The van der Waals surface area contributed by atoms with Crippen LogP contribution in [0, 0.1) is 28.9 Å². The molecule has 0 spiro atoms. The first-order chi connectivity index (χ1) is 21.9. The van der Waals surface area contributed by atoms with Crippen molar-refractivity contribution in [2.45, 2.75) is 43.7 Å². The van der Waals surface area contributed by atoms with Crippen molar-refractivity contribution in [2.75, 3.05) is 0 Å². The van der Waals surface area contributed by atoms with Gasteiger partial charge in [-0.05, 0) is 60.2 Å². The van der Waals surface area contributed by atoms with Crippen LogP contribution in [0.5, 0.6) is 0 Å². The van der Waals surface area contributed by atoms with E-state index in [0.29, 0.717) is 32.9 Å². The maximum Gasteiger partial charge on any atom is 0.293 e. The van der Waals surface area contributed by atoms with Gasteiger partial charge in [-0.3, -0.25) is 14.6 Å². The van der Waals surface area contributed by atoms with Gasteiger partial charge in [-0.15, -0.1) is 0 Å². The number of pyridine rings is 1. The van der Waals surface area contributed by atoms with Crippen molar-refractivity contribution < 1.29 is 31.1 Å². The number of halogens is 7. The lowest BCUT2D eigenvalue weighted by atomic mass is 9.94. The third kappa shape index (κ3) is 5.04. The number of hydrogen-bond acceptors (Lipinski definition) is 5. The van der Waals surface area contributed by atoms with E-state index in [2.05, 4.69) is 25.6 Å². The average Bonchev–Trinajstić information content (AvgIpc) is 3.41. The average molecular weight is 656 g/mol. The molecule has 1 saturated carbocycles. The van der Waals surface area contributed by atoms with Crippen molar-refractivity contribution in [1.82, 2.24) is 30.3 Å². The van der Waals surface area contributed by atoms with E-state index in [0.717, 1.165) is 12.1 Å². The number of nitrogens with one attached hydrogen (secondary N) is 2. The van der Waals surface area contributed by atoms with Gasteiger partial charge in [-0.2, -0.15) is 24.2 Å². The Morgan fingerprint density at radius 2 is 1.91 bits per heavy atom. The summed E-state index contributed by atoms with van der Waals surface area (Å²) in [6, 6.07) is 9.92. The highest BCUT2D eigenvalue weighted by Gasteiger charge is 2.67. The lowest BCUT2D eigenvalue weighted by Gasteiger charge is -2.23. The van der Waals surface area contributed by atoms with Gasteiger partial charge < -0.3 is 5.32 Å². The zero-order chi connectivity index (χ0) is 32.5. The Balaban J connectivity index is 1.31. The number of carbonyl (C=O) groups excluding carboxylic acids is 1. The third-order valence-electron chi connectivity index (χ3n) is 8.34. The van der Waals surface area contributed by atoms with E-state index in [1.165, 1.54) is 18.3 Å². The van der Waals surface area contributed by atoms with E-state index in [1.54, 1.807) is 12.1 Å². The Bertz CT molecular complexity index is 2070. The number of nitrogens with zero attached hydrogens (tertiary/aromatic N) is 5. The minimum atomic E-state index is -3.44. The fraction of sp³-hybridized carbons (Fsp3) is 0.258. The molecule has 0 bridgehead atoms. The predicted molar refractivity (Wildman–Crippen MR) is 152 cm³/mol. The Morgan fingerprint density at radius 1 is 1.15 bits per heavy atom. The van der Waals surface area contributed by atoms with Gasteiger partial charge in [0.15, 0.2) is 0 Å². The monoisotopic (exact) mass is 655 g/mol. The molecule has 3 aromatic heterocycles. The highest BCUT2D eigenvalue weighted by atomic mass is 35.5. The second kappa shape index (κ2) is 10.9. The first-order valence-corrected chi connectivity index (χ1v) is 14.4. The molecule has 15 heteroatoms. The van der Waals surface area contributed by atoms with Crippen LogP contribution in [0.2, 0.25) is 5.02 Å². The number of aromatic nitrogens is 5. The fourth-order valence-corrected chi connectivity index (χ4v) is 6.46. The molecular weight excluding hydrogens is 636 g/mol. The smallest absolute Gasteiger partial charge is 0.293 e. The largest absolute Gasteiger partial charge is 0.346 e. The lowest BCUT2D eigenvalue weighted by Crippen LogP contribution is -2.35. The van der Waals surface area contributed by atoms with Crippen LogP contribution in [0.25, 0.3) is 22.2 Å². The molecule has 0 saturated heterocycles. The highest BCUT2D eigenvalue weighted by molar-refractivity contribution is 6.31. The molecule has 46 heavy (non-hydrogen) atoms. The number of rotatable bonds is 8. The number of fused-ring (bicyclic) bond motifs is 4. The standard InChI is InChI=1S/C31H20ClF6N7O/c32-21-2-1-14(6-15(21)10-39)18-9-22-24(11-40-43-22)42-27(18)23(5-13-3-16(33)7-17(34)4-13)41-25(46)12-45-29-26(28(44-45)30(35)36)19-8-20(19)31(29,37)38/h1-4,6-7,9,11,19-20,23,30H,5,8,12H2,(H,40,43)(H,41,46)/t19-,20+,23-/m0/s1. The first-order valence-electron chi connectivity index (χ1n) is 14.0. The number of amides is 1. The van der Waals surface area contributed by atoms with Crippen LogP contribution in [-0.4, -0.2) is 30.9 Å². The molecule has 234 valence electrons. The molecule has 0 aliphatic heterocycles. The third-order valence-corrected chi connectivity index (χ3v) is 8.67. The maximum absolute atomic E-state index is 15.1. The molecule has 8 nitrogen and oxygen atoms in total. The van der Waals surface area contributed by atoms with Gasteiger partial charge in [0.1, 0.15) is 41.2 Å². The quantitative estimate of drug-likeness (QED) is 0.177. The summed E-state index contributed by atoms with van der Waals surface area (Å²) in [5, 5.41) is 22.9. The summed E-state index contributed by atoms with van der Waals surface area (Å²) in [5.41, 5.74) is 0.459. The van der Waals surface area contributed by atoms with Crippen LogP contribution >= 0.6 is 11.6 Å². The van der Waals surface area contributed by atoms with Crippen LogP contribution < -0.4 is 5.32 Å². The molecule has 2 aromatic carbocycles. The summed E-state index contributed by atoms with van der Waals surface area (Å²) >= 11 is 6.15. The summed E-state index contributed by atoms with van der Waals surface area (Å²) in [4.78, 5) is 18.2. The van der Waals surface area contributed by atoms with E-state index in [9.17, 15) is 27.6 Å². The number of hydrogen-bond donors (Lipinski definition) is 2. The molecule has 0 radical (unpaired) electrons. The summed E-state index contributed by atoms with van der Waals surface area (Å²) in [6.07, 6.45) is -1.86. The van der Waals surface area contributed by atoms with Crippen molar-refractivity contribution in [3.05, 3.63) is 99.1 Å². The Kier molecular flexibility index (Phi) is 7.04. The van der Waals surface area contributed by atoms with Crippen LogP contribution in [0.4, 0.5) is 26.3 Å². The summed E-state index contributed by atoms with van der Waals surface area (Å²) < 4.78 is 87.0. The zero-order valence-electron chi connectivity index (χ0n) is 23.3. The summed E-state index contributed by atoms with van der Waals surface area (Å²) in [7, 11) is 0. The zero-order valence-corrected chi connectivity index (χ0v) is 24.1. The molecule has 1 amide bonds. The lowest BCUT2D eigenvalue weighted by molar-refractivity contribution is -0.123. The fourth-order valence-electron chi connectivity index (χ4n) is 6.30. The van der Waals surface area contributed by atoms with Crippen LogP contribution in [-0.2, 0) is 23.7 Å². The number of H-pyrrole nitrogens is 1. The van der Waals surface area contributed by atoms with E-state index < -0.39 is 65.7 Å². The molecule has 1 fully saturated rings. The van der Waals surface area contributed by atoms with Gasteiger partial charge in [0.25, 0.3) is 12.3 Å². The molecule has 2 aliphatic rings. The number of alkyl halides is 4. The number of aromatic amines is 1. The van der Waals surface area contributed by atoms with Gasteiger partial charge in [0.05, 0.1) is 34.0 Å². The second-order valence-corrected chi connectivity index (χ2v) is 11.7. The predicted octanol–water partition coefficient (Wildman–Crippen LogP) is 6.87. The second-order valence-electron chi connectivity index (χ2n) is 11.3. The van der Waals surface area contributed by atoms with Crippen molar-refractivity contribution in [3.63, 3.8) is 0 Å². The van der Waals surface area contributed by atoms with Gasteiger partial charge >= 0.3 is 0 Å². The molecular formula is C31H20ClF6N7O. The number of carbonyl (C=O) groups is 1. The van der Waals surface area contributed by atoms with Crippen molar-refractivity contribution in [3.8, 4) is 17.2 Å². The Morgan fingerprint density at radius 3 is 2.63 bits per heavy atom. The van der Waals surface area contributed by atoms with E-state index >= 15 is 8.78 Å². The van der Waals surface area contributed by atoms with E-state index in [-0.39, 0.29) is 40.2 Å². The van der Waals surface area contributed by atoms with Crippen molar-refractivity contribution in [2.24, 2.45) is 5.92 Å². The van der Waals surface area contributed by atoms with Gasteiger partial charge in [-0.1, -0.05) is 17.7 Å². The minimum absolute atomic E-state index is 0.0625. The highest BCUT2D eigenvalue weighted by Crippen LogP contribution is 2.68. The number of nitriles is 1. The molecule has 3 atom stereocenters. The molecule has 0 unspecified atom stereocenters. The van der Waals surface area contributed by atoms with Crippen molar-refractivity contribution in [1.29, 1.82) is 5.26 Å². The van der Waals surface area contributed by atoms with E-state index in [4.69, 9.17) is 11.6 Å². The van der Waals surface area contributed by atoms with Crippen molar-refractivity contribution >= 4 is 28.5 Å². The topological polar surface area (TPSA) is 112 Å². The first kappa shape index (κ1) is 29.8. The Hall–Kier alpha value is -4.90. The summed E-state index contributed by atoms with van der Waals surface area (Å²) in [6.45, 7) is -0.832. The van der Waals surface area contributed by atoms with E-state index in [1.807, 2.05) is 6.07 Å². The summed E-state index contributed by atoms with van der Waals surface area (Å²) in [5.74, 6) is -7.93. The SMILES string of the molecule is N#Cc1cc(-c2cc3[nH]ncc3nc2[C@H](Cc2cc(F)cc(F)c2)NC(=O)Cn2nc(C(F)F)c3c2C(F)(F)[C@@H]2C[C@H]32)ccc1Cl. The molecule has 3 heterocycles. The van der Waals surface area contributed by atoms with Gasteiger partial charge in [0.2, 0.25) is 5.91 Å². The minimum Gasteiger partial charge on any atom is -0.346 e. The molecule has 7 rings (SSSR count). The maximum atomic E-state index is 15.1. The molecule has 2 aliphatic carbocycles.